The molecule has 0 aliphatic rings. The van der Waals surface area contributed by atoms with E-state index in [2.05, 4.69) is 11.9 Å². The third-order valence-electron chi connectivity index (χ3n) is 2.45. The van der Waals surface area contributed by atoms with E-state index in [1.54, 1.807) is 6.07 Å². The Morgan fingerprint density at radius 3 is 2.82 bits per heavy atom. The number of hydrogen-bond donors (Lipinski definition) is 1. The molecule has 0 heterocycles. The van der Waals surface area contributed by atoms with Crippen LogP contribution in [0.4, 0.5) is 8.78 Å². The first-order valence-electron chi connectivity index (χ1n) is 5.56. The van der Waals surface area contributed by atoms with Gasteiger partial charge in [0.25, 0.3) is 0 Å². The third-order valence-corrected chi connectivity index (χ3v) is 2.45. The van der Waals surface area contributed by atoms with Gasteiger partial charge in [-0.05, 0) is 37.6 Å². The van der Waals surface area contributed by atoms with Gasteiger partial charge >= 0.3 is 0 Å². The van der Waals surface area contributed by atoms with Gasteiger partial charge in [0.05, 0.1) is 12.9 Å². The zero-order chi connectivity index (χ0) is 12.7. The molecule has 0 saturated heterocycles. The van der Waals surface area contributed by atoms with Gasteiger partial charge in [-0.3, -0.25) is 0 Å². The summed E-state index contributed by atoms with van der Waals surface area (Å²) in [6.45, 7) is 6.69. The summed E-state index contributed by atoms with van der Waals surface area (Å²) in [4.78, 5) is 0. The van der Waals surface area contributed by atoms with E-state index in [-0.39, 0.29) is 6.04 Å². The first-order chi connectivity index (χ1) is 8.15. The molecule has 0 radical (unpaired) electrons. The Labute approximate surface area is 100 Å². The van der Waals surface area contributed by atoms with Gasteiger partial charge in [-0.2, -0.15) is 0 Å². The molecule has 1 aromatic carbocycles. The highest BCUT2D eigenvalue weighted by Crippen LogP contribution is 2.15. The fourth-order valence-electron chi connectivity index (χ4n) is 1.46. The van der Waals surface area contributed by atoms with E-state index < -0.39 is 11.6 Å². The quantitative estimate of drug-likeness (QED) is 0.585. The van der Waals surface area contributed by atoms with Crippen LogP contribution >= 0.6 is 0 Å². The fraction of sp³-hybridized carbons (Fsp3) is 0.385. The largest absolute Gasteiger partial charge is 0.502 e. The van der Waals surface area contributed by atoms with Crippen LogP contribution < -0.4 is 5.32 Å². The highest BCUT2D eigenvalue weighted by atomic mass is 19.2. The van der Waals surface area contributed by atoms with E-state index in [4.69, 9.17) is 4.74 Å². The van der Waals surface area contributed by atoms with E-state index in [1.807, 2.05) is 6.92 Å². The lowest BCUT2D eigenvalue weighted by Crippen LogP contribution is -2.21. The molecule has 0 saturated carbocycles. The molecule has 1 N–H and O–H groups in total. The molecule has 0 spiro atoms. The Morgan fingerprint density at radius 2 is 2.18 bits per heavy atom. The average Bonchev–Trinajstić information content (AvgIpc) is 2.32. The van der Waals surface area contributed by atoms with Gasteiger partial charge in [-0.15, -0.1) is 0 Å². The molecule has 94 valence electrons. The summed E-state index contributed by atoms with van der Waals surface area (Å²) in [6.07, 6.45) is 2.23. The SMILES string of the molecule is C=COCCCNC(C)c1ccc(F)c(F)c1. The molecule has 0 amide bonds. The van der Waals surface area contributed by atoms with Crippen molar-refractivity contribution in [1.82, 2.24) is 5.32 Å². The van der Waals surface area contributed by atoms with Crippen LogP contribution in [0.25, 0.3) is 0 Å². The van der Waals surface area contributed by atoms with Crippen molar-refractivity contribution in [2.24, 2.45) is 0 Å². The van der Waals surface area contributed by atoms with E-state index in [9.17, 15) is 8.78 Å². The number of benzene rings is 1. The Balaban J connectivity index is 2.38. The van der Waals surface area contributed by atoms with Crippen molar-refractivity contribution in [3.05, 3.63) is 48.2 Å². The van der Waals surface area contributed by atoms with Crippen LogP contribution in [-0.2, 0) is 4.74 Å². The van der Waals surface area contributed by atoms with Gasteiger partial charge in [-0.25, -0.2) is 8.78 Å². The molecular formula is C13H17F2NO. The van der Waals surface area contributed by atoms with E-state index in [0.717, 1.165) is 24.6 Å². The Bertz CT molecular complexity index is 368. The minimum atomic E-state index is -0.819. The van der Waals surface area contributed by atoms with Crippen molar-refractivity contribution < 1.29 is 13.5 Å². The number of ether oxygens (including phenoxy) is 1. The lowest BCUT2D eigenvalue weighted by atomic mass is 10.1. The van der Waals surface area contributed by atoms with Crippen molar-refractivity contribution >= 4 is 0 Å². The molecule has 4 heteroatoms. The lowest BCUT2D eigenvalue weighted by Gasteiger charge is -2.14. The molecule has 0 fully saturated rings. The summed E-state index contributed by atoms with van der Waals surface area (Å²) in [7, 11) is 0. The topological polar surface area (TPSA) is 21.3 Å². The summed E-state index contributed by atoms with van der Waals surface area (Å²) in [5.41, 5.74) is 0.730. The van der Waals surface area contributed by atoms with Gasteiger partial charge in [-0.1, -0.05) is 12.6 Å². The number of nitrogens with one attached hydrogen (secondary N) is 1. The summed E-state index contributed by atoms with van der Waals surface area (Å²) < 4.78 is 30.7. The molecule has 1 atom stereocenters. The molecule has 17 heavy (non-hydrogen) atoms. The molecule has 2 nitrogen and oxygen atoms in total. The van der Waals surface area contributed by atoms with E-state index in [0.29, 0.717) is 6.61 Å². The zero-order valence-corrected chi connectivity index (χ0v) is 9.88. The maximum atomic E-state index is 13.0. The molecule has 0 bridgehead atoms. The maximum Gasteiger partial charge on any atom is 0.159 e. The second-order valence-corrected chi connectivity index (χ2v) is 3.74. The minimum Gasteiger partial charge on any atom is -0.502 e. The van der Waals surface area contributed by atoms with Gasteiger partial charge in [0.15, 0.2) is 11.6 Å². The molecule has 0 aliphatic heterocycles. The smallest absolute Gasteiger partial charge is 0.159 e. The van der Waals surface area contributed by atoms with Crippen molar-refractivity contribution in [2.45, 2.75) is 19.4 Å². The van der Waals surface area contributed by atoms with Crippen molar-refractivity contribution in [2.75, 3.05) is 13.2 Å². The third kappa shape index (κ3) is 4.53. The highest BCUT2D eigenvalue weighted by molar-refractivity contribution is 5.20. The molecule has 1 aromatic rings. The molecule has 0 aliphatic carbocycles. The van der Waals surface area contributed by atoms with Gasteiger partial charge < -0.3 is 10.1 Å². The van der Waals surface area contributed by atoms with Crippen LogP contribution in [0.2, 0.25) is 0 Å². The predicted molar refractivity (Wildman–Crippen MR) is 63.5 cm³/mol. The lowest BCUT2D eigenvalue weighted by molar-refractivity contribution is 0.243. The fourth-order valence-corrected chi connectivity index (χ4v) is 1.46. The van der Waals surface area contributed by atoms with Gasteiger partial charge in [0, 0.05) is 6.04 Å². The minimum absolute atomic E-state index is 0.0196. The first kappa shape index (κ1) is 13.6. The molecule has 0 aromatic heterocycles. The van der Waals surface area contributed by atoms with Gasteiger partial charge in [0.2, 0.25) is 0 Å². The normalized spacial score (nSPS) is 12.2. The second-order valence-electron chi connectivity index (χ2n) is 3.74. The Kier molecular flexibility index (Phi) is 5.63. The van der Waals surface area contributed by atoms with Crippen LogP contribution in [0.3, 0.4) is 0 Å². The summed E-state index contributed by atoms with van der Waals surface area (Å²) in [6, 6.07) is 3.92. The standard InChI is InChI=1S/C13H17F2NO/c1-3-17-8-4-7-16-10(2)11-5-6-12(14)13(15)9-11/h3,5-6,9-10,16H,1,4,7-8H2,2H3. The first-order valence-corrected chi connectivity index (χ1v) is 5.56. The average molecular weight is 241 g/mol. The van der Waals surface area contributed by atoms with Crippen LogP contribution in [0, 0.1) is 11.6 Å². The van der Waals surface area contributed by atoms with Crippen LogP contribution in [0.1, 0.15) is 24.9 Å². The van der Waals surface area contributed by atoms with Crippen LogP contribution in [-0.4, -0.2) is 13.2 Å². The van der Waals surface area contributed by atoms with Crippen molar-refractivity contribution in [1.29, 1.82) is 0 Å². The molecule has 1 unspecified atom stereocenters. The number of rotatable bonds is 7. The molecule has 1 rings (SSSR count). The maximum absolute atomic E-state index is 13.0. The van der Waals surface area contributed by atoms with E-state index >= 15 is 0 Å². The summed E-state index contributed by atoms with van der Waals surface area (Å²) >= 11 is 0. The van der Waals surface area contributed by atoms with Crippen LogP contribution in [0.15, 0.2) is 31.0 Å². The zero-order valence-electron chi connectivity index (χ0n) is 9.88. The van der Waals surface area contributed by atoms with Crippen molar-refractivity contribution in [3.8, 4) is 0 Å². The number of halogens is 2. The predicted octanol–water partition coefficient (Wildman–Crippen LogP) is 3.17. The van der Waals surface area contributed by atoms with Gasteiger partial charge in [0.1, 0.15) is 0 Å². The molecular weight excluding hydrogens is 224 g/mol. The summed E-state index contributed by atoms with van der Waals surface area (Å²) in [5, 5.41) is 3.20. The van der Waals surface area contributed by atoms with Crippen molar-refractivity contribution in [3.63, 3.8) is 0 Å². The van der Waals surface area contributed by atoms with Crippen LogP contribution in [0.5, 0.6) is 0 Å². The second kappa shape index (κ2) is 7.01. The Hall–Kier alpha value is -1.42. The van der Waals surface area contributed by atoms with E-state index in [1.165, 1.54) is 12.3 Å². The summed E-state index contributed by atoms with van der Waals surface area (Å²) in [5.74, 6) is -1.63. The highest BCUT2D eigenvalue weighted by Gasteiger charge is 2.08. The Morgan fingerprint density at radius 1 is 1.41 bits per heavy atom. The monoisotopic (exact) mass is 241 g/mol. The number of hydrogen-bond acceptors (Lipinski definition) is 2.